The van der Waals surface area contributed by atoms with Gasteiger partial charge in [0, 0.05) is 43.5 Å². The Morgan fingerprint density at radius 1 is 1.26 bits per heavy atom. The topological polar surface area (TPSA) is 58.8 Å². The maximum atomic E-state index is 11.0. The molecule has 1 aromatic rings. The summed E-state index contributed by atoms with van der Waals surface area (Å²) < 4.78 is 5.21. The number of nitro benzene ring substituents is 1. The number of anilines is 1. The van der Waals surface area contributed by atoms with E-state index in [1.165, 1.54) is 39.5 Å². The predicted octanol–water partition coefficient (Wildman–Crippen LogP) is 2.52. The molecular weight excluding hydrogens is 294 g/mol. The fourth-order valence-electron chi connectivity index (χ4n) is 4.78. The molecule has 3 fully saturated rings. The fourth-order valence-corrected chi connectivity index (χ4v) is 4.78. The molecule has 0 unspecified atom stereocenters. The Kier molecular flexibility index (Phi) is 3.64. The molecule has 6 nitrogen and oxygen atoms in total. The van der Waals surface area contributed by atoms with Crippen LogP contribution in [0.4, 0.5) is 11.4 Å². The van der Waals surface area contributed by atoms with Crippen LogP contribution in [-0.2, 0) is 0 Å². The van der Waals surface area contributed by atoms with Gasteiger partial charge in [-0.15, -0.1) is 0 Å². The zero-order chi connectivity index (χ0) is 16.0. The van der Waals surface area contributed by atoms with Crippen molar-refractivity contribution in [1.29, 1.82) is 0 Å². The second-order valence-corrected chi connectivity index (χ2v) is 7.00. The first-order valence-corrected chi connectivity index (χ1v) is 8.49. The molecule has 3 aliphatic rings. The molecular formula is C17H23N3O3. The lowest BCUT2D eigenvalue weighted by molar-refractivity contribution is -0.385. The first-order chi connectivity index (χ1) is 11.2. The number of fused-ring (bicyclic) bond motifs is 3. The van der Waals surface area contributed by atoms with Crippen molar-refractivity contribution in [2.24, 2.45) is 11.8 Å². The highest BCUT2D eigenvalue weighted by Gasteiger charge is 2.47. The van der Waals surface area contributed by atoms with Gasteiger partial charge in [-0.05, 0) is 37.3 Å². The summed E-state index contributed by atoms with van der Waals surface area (Å²) in [5.74, 6) is 1.83. The van der Waals surface area contributed by atoms with E-state index in [0.717, 1.165) is 36.7 Å². The van der Waals surface area contributed by atoms with Crippen LogP contribution in [0.15, 0.2) is 18.2 Å². The van der Waals surface area contributed by atoms with E-state index in [4.69, 9.17) is 4.74 Å². The maximum absolute atomic E-state index is 11.0. The Bertz CT molecular complexity index is 621. The van der Waals surface area contributed by atoms with Crippen molar-refractivity contribution < 1.29 is 9.66 Å². The highest BCUT2D eigenvalue weighted by molar-refractivity contribution is 5.60. The highest BCUT2D eigenvalue weighted by atomic mass is 16.6. The monoisotopic (exact) mass is 317 g/mol. The van der Waals surface area contributed by atoms with Crippen LogP contribution in [0.1, 0.15) is 19.3 Å². The van der Waals surface area contributed by atoms with E-state index >= 15 is 0 Å². The van der Waals surface area contributed by atoms with Gasteiger partial charge in [0.2, 0.25) is 0 Å². The summed E-state index contributed by atoms with van der Waals surface area (Å²) in [6, 6.07) is 5.99. The van der Waals surface area contributed by atoms with Gasteiger partial charge in [0.05, 0.1) is 12.0 Å². The van der Waals surface area contributed by atoms with Crippen LogP contribution in [0.5, 0.6) is 5.75 Å². The van der Waals surface area contributed by atoms with Crippen molar-refractivity contribution in [3.63, 3.8) is 0 Å². The molecule has 23 heavy (non-hydrogen) atoms. The molecule has 3 aliphatic heterocycles. The van der Waals surface area contributed by atoms with Gasteiger partial charge in [0.1, 0.15) is 0 Å². The van der Waals surface area contributed by atoms with Crippen LogP contribution < -0.4 is 9.64 Å². The van der Waals surface area contributed by atoms with Crippen LogP contribution in [0.2, 0.25) is 0 Å². The Labute approximate surface area is 136 Å². The van der Waals surface area contributed by atoms with Gasteiger partial charge in [-0.1, -0.05) is 6.42 Å². The highest BCUT2D eigenvalue weighted by Crippen LogP contribution is 2.42. The van der Waals surface area contributed by atoms with Crippen LogP contribution in [0.25, 0.3) is 0 Å². The molecule has 6 heteroatoms. The zero-order valence-electron chi connectivity index (χ0n) is 13.5. The Hall–Kier alpha value is -1.82. The van der Waals surface area contributed by atoms with Crippen LogP contribution in [0, 0.1) is 22.0 Å². The minimum atomic E-state index is -0.388. The lowest BCUT2D eigenvalue weighted by Gasteiger charge is -2.33. The fraction of sp³-hybridized carbons (Fsp3) is 0.647. The van der Waals surface area contributed by atoms with Crippen LogP contribution in [-0.4, -0.2) is 49.2 Å². The van der Waals surface area contributed by atoms with Crippen molar-refractivity contribution in [3.05, 3.63) is 28.3 Å². The molecule has 3 atom stereocenters. The van der Waals surface area contributed by atoms with Crippen LogP contribution in [0.3, 0.4) is 0 Å². The predicted molar refractivity (Wildman–Crippen MR) is 88.1 cm³/mol. The number of ether oxygens (including phenoxy) is 1. The Morgan fingerprint density at radius 3 is 2.91 bits per heavy atom. The second-order valence-electron chi connectivity index (χ2n) is 7.00. The van der Waals surface area contributed by atoms with Gasteiger partial charge in [-0.25, -0.2) is 0 Å². The lowest BCUT2D eigenvalue weighted by atomic mass is 9.90. The van der Waals surface area contributed by atoms with Crippen molar-refractivity contribution >= 4 is 11.4 Å². The van der Waals surface area contributed by atoms with Gasteiger partial charge in [0.15, 0.2) is 5.75 Å². The molecule has 3 heterocycles. The number of hydrogen-bond donors (Lipinski definition) is 0. The molecule has 4 rings (SSSR count). The standard InChI is InChI=1S/C17H23N3O3/c1-23-17-8-13(5-6-16(17)20(21)22)19-10-12-9-18-7-3-2-4-15(18)14(12)11-19/h5-6,8,12,14-15H,2-4,7,9-11H2,1H3/t12-,14-,15-/m1/s1. The van der Waals surface area contributed by atoms with E-state index in [9.17, 15) is 10.1 Å². The van der Waals surface area contributed by atoms with Crippen molar-refractivity contribution in [2.75, 3.05) is 38.2 Å². The van der Waals surface area contributed by atoms with Crippen molar-refractivity contribution in [3.8, 4) is 5.75 Å². The molecule has 0 N–H and O–H groups in total. The number of rotatable bonds is 3. The van der Waals surface area contributed by atoms with E-state index in [1.54, 1.807) is 6.07 Å². The largest absolute Gasteiger partial charge is 0.490 e. The normalized spacial score (nSPS) is 30.1. The van der Waals surface area contributed by atoms with Gasteiger partial charge >= 0.3 is 5.69 Å². The first-order valence-electron chi connectivity index (χ1n) is 8.49. The molecule has 0 aromatic heterocycles. The van der Waals surface area contributed by atoms with E-state index in [2.05, 4.69) is 9.80 Å². The molecule has 0 radical (unpaired) electrons. The number of piperidine rings is 1. The summed E-state index contributed by atoms with van der Waals surface area (Å²) in [7, 11) is 1.49. The van der Waals surface area contributed by atoms with E-state index < -0.39 is 0 Å². The van der Waals surface area contributed by atoms with Gasteiger partial charge in [-0.2, -0.15) is 0 Å². The Morgan fingerprint density at radius 2 is 2.13 bits per heavy atom. The molecule has 124 valence electrons. The molecule has 0 amide bonds. The summed E-state index contributed by atoms with van der Waals surface area (Å²) in [6.07, 6.45) is 4.04. The van der Waals surface area contributed by atoms with E-state index in [1.807, 2.05) is 12.1 Å². The molecule has 0 aliphatic carbocycles. The van der Waals surface area contributed by atoms with Crippen molar-refractivity contribution in [2.45, 2.75) is 25.3 Å². The van der Waals surface area contributed by atoms with Crippen molar-refractivity contribution in [1.82, 2.24) is 4.90 Å². The van der Waals surface area contributed by atoms with Gasteiger partial charge < -0.3 is 9.64 Å². The number of nitrogens with zero attached hydrogens (tertiary/aromatic N) is 3. The van der Waals surface area contributed by atoms with E-state index in [-0.39, 0.29) is 10.6 Å². The van der Waals surface area contributed by atoms with Gasteiger partial charge in [0.25, 0.3) is 0 Å². The molecule has 3 saturated heterocycles. The molecule has 1 aromatic carbocycles. The third kappa shape index (κ3) is 2.45. The minimum absolute atomic E-state index is 0.0362. The summed E-state index contributed by atoms with van der Waals surface area (Å²) in [6.45, 7) is 4.60. The SMILES string of the molecule is COc1cc(N2C[C@H]3CN4CCCC[C@@H]4[C@@H]3C2)ccc1[N+](=O)[O-]. The summed E-state index contributed by atoms with van der Waals surface area (Å²) in [4.78, 5) is 15.7. The number of methoxy groups -OCH3 is 1. The minimum Gasteiger partial charge on any atom is -0.490 e. The third-order valence-corrected chi connectivity index (χ3v) is 5.84. The maximum Gasteiger partial charge on any atom is 0.311 e. The zero-order valence-corrected chi connectivity index (χ0v) is 13.5. The molecule has 0 saturated carbocycles. The van der Waals surface area contributed by atoms with Crippen LogP contribution >= 0.6 is 0 Å². The Balaban J connectivity index is 1.53. The summed E-state index contributed by atoms with van der Waals surface area (Å²) >= 11 is 0. The smallest absolute Gasteiger partial charge is 0.311 e. The molecule has 0 bridgehead atoms. The number of hydrogen-bond acceptors (Lipinski definition) is 5. The number of nitro groups is 1. The first kappa shape index (κ1) is 14.8. The lowest BCUT2D eigenvalue weighted by Crippen LogP contribution is -2.39. The molecule has 0 spiro atoms. The number of benzene rings is 1. The second kappa shape index (κ2) is 5.67. The van der Waals surface area contributed by atoms with E-state index in [0.29, 0.717) is 5.75 Å². The summed E-state index contributed by atoms with van der Waals surface area (Å²) in [5, 5.41) is 11.0. The quantitative estimate of drug-likeness (QED) is 0.633. The average Bonchev–Trinajstić information content (AvgIpc) is 3.11. The average molecular weight is 317 g/mol. The summed E-state index contributed by atoms with van der Waals surface area (Å²) in [5.41, 5.74) is 1.08. The third-order valence-electron chi connectivity index (χ3n) is 5.84. The van der Waals surface area contributed by atoms with Gasteiger partial charge in [-0.3, -0.25) is 15.0 Å².